The SMILES string of the molecule is COc1ccc(N2CC(C(=O)OCC(=O)Nc3c(C)cccc3C)CC2=O)cc1. The van der Waals surface area contributed by atoms with Crippen LogP contribution in [-0.2, 0) is 19.1 Å². The summed E-state index contributed by atoms with van der Waals surface area (Å²) < 4.78 is 10.3. The zero-order chi connectivity index (χ0) is 21.0. The third kappa shape index (κ3) is 4.74. The number of methoxy groups -OCH3 is 1. The first-order valence-corrected chi connectivity index (χ1v) is 9.36. The molecule has 0 bridgehead atoms. The number of carbonyl (C=O) groups excluding carboxylic acids is 3. The summed E-state index contributed by atoms with van der Waals surface area (Å²) in [6, 6.07) is 12.7. The number of para-hydroxylation sites is 1. The minimum Gasteiger partial charge on any atom is -0.497 e. The van der Waals surface area contributed by atoms with Gasteiger partial charge in [0.2, 0.25) is 5.91 Å². The van der Waals surface area contributed by atoms with Gasteiger partial charge in [0.1, 0.15) is 5.75 Å². The molecule has 7 heteroatoms. The normalized spacial score (nSPS) is 15.9. The summed E-state index contributed by atoms with van der Waals surface area (Å²) in [5, 5.41) is 2.77. The highest BCUT2D eigenvalue weighted by Crippen LogP contribution is 2.27. The van der Waals surface area contributed by atoms with E-state index in [0.717, 1.165) is 16.8 Å². The molecule has 7 nitrogen and oxygen atoms in total. The number of carbonyl (C=O) groups is 3. The van der Waals surface area contributed by atoms with Gasteiger partial charge in [0.05, 0.1) is 13.0 Å². The highest BCUT2D eigenvalue weighted by molar-refractivity contribution is 6.00. The predicted molar refractivity (Wildman–Crippen MR) is 109 cm³/mol. The van der Waals surface area contributed by atoms with Crippen molar-refractivity contribution in [3.8, 4) is 5.75 Å². The van der Waals surface area contributed by atoms with Crippen LogP contribution in [0.1, 0.15) is 17.5 Å². The predicted octanol–water partition coefficient (Wildman–Crippen LogP) is 2.85. The maximum atomic E-state index is 12.4. The number of nitrogens with zero attached hydrogens (tertiary/aromatic N) is 1. The fourth-order valence-electron chi connectivity index (χ4n) is 3.32. The fourth-order valence-corrected chi connectivity index (χ4v) is 3.32. The lowest BCUT2D eigenvalue weighted by molar-refractivity contribution is -0.151. The largest absolute Gasteiger partial charge is 0.497 e. The molecule has 152 valence electrons. The van der Waals surface area contributed by atoms with Crippen molar-refractivity contribution < 1.29 is 23.9 Å². The lowest BCUT2D eigenvalue weighted by atomic mass is 10.1. The van der Waals surface area contributed by atoms with Crippen molar-refractivity contribution in [3.63, 3.8) is 0 Å². The number of amides is 2. The second kappa shape index (κ2) is 8.77. The minimum atomic E-state index is -0.599. The van der Waals surface area contributed by atoms with Gasteiger partial charge in [-0.2, -0.15) is 0 Å². The Hall–Kier alpha value is -3.35. The van der Waals surface area contributed by atoms with Crippen molar-refractivity contribution in [1.29, 1.82) is 0 Å². The van der Waals surface area contributed by atoms with Crippen molar-refractivity contribution in [3.05, 3.63) is 53.6 Å². The van der Waals surface area contributed by atoms with Gasteiger partial charge >= 0.3 is 5.97 Å². The molecule has 1 aliphatic heterocycles. The molecule has 2 aromatic carbocycles. The zero-order valence-electron chi connectivity index (χ0n) is 16.7. The van der Waals surface area contributed by atoms with Gasteiger partial charge in [0.25, 0.3) is 5.91 Å². The summed E-state index contributed by atoms with van der Waals surface area (Å²) >= 11 is 0. The molecule has 2 aromatic rings. The standard InChI is InChI=1S/C22H24N2O5/c1-14-5-4-6-15(2)21(14)23-19(25)13-29-22(27)16-11-20(26)24(12-16)17-7-9-18(28-3)10-8-17/h4-10,16H,11-13H2,1-3H3,(H,23,25). The molecule has 1 unspecified atom stereocenters. The van der Waals surface area contributed by atoms with Gasteiger partial charge in [-0.15, -0.1) is 0 Å². The third-order valence-electron chi connectivity index (χ3n) is 4.93. The number of nitrogens with one attached hydrogen (secondary N) is 1. The first-order chi connectivity index (χ1) is 13.9. The van der Waals surface area contributed by atoms with Crippen LogP contribution in [-0.4, -0.2) is 38.0 Å². The summed E-state index contributed by atoms with van der Waals surface area (Å²) in [5.41, 5.74) is 3.27. The Morgan fingerprint density at radius 1 is 1.10 bits per heavy atom. The van der Waals surface area contributed by atoms with E-state index in [1.165, 1.54) is 0 Å². The molecule has 0 radical (unpaired) electrons. The molecule has 1 aliphatic rings. The summed E-state index contributed by atoms with van der Waals surface area (Å²) in [4.78, 5) is 38.4. The van der Waals surface area contributed by atoms with Gasteiger partial charge in [-0.3, -0.25) is 14.4 Å². The van der Waals surface area contributed by atoms with Crippen LogP contribution in [0.5, 0.6) is 5.75 Å². The number of hydrogen-bond donors (Lipinski definition) is 1. The molecular weight excluding hydrogens is 372 g/mol. The van der Waals surface area contributed by atoms with Crippen molar-refractivity contribution in [2.45, 2.75) is 20.3 Å². The van der Waals surface area contributed by atoms with Crippen LogP contribution in [0.3, 0.4) is 0 Å². The summed E-state index contributed by atoms with van der Waals surface area (Å²) in [6.07, 6.45) is 0.0589. The summed E-state index contributed by atoms with van der Waals surface area (Å²) in [5.74, 6) is -1.03. The van der Waals surface area contributed by atoms with Gasteiger partial charge < -0.3 is 19.7 Å². The molecular formula is C22H24N2O5. The Bertz CT molecular complexity index is 903. The minimum absolute atomic E-state index is 0.0589. The first-order valence-electron chi connectivity index (χ1n) is 9.36. The number of benzene rings is 2. The van der Waals surface area contributed by atoms with Crippen LogP contribution < -0.4 is 15.0 Å². The number of aryl methyl sites for hydroxylation is 2. The highest BCUT2D eigenvalue weighted by atomic mass is 16.5. The quantitative estimate of drug-likeness (QED) is 0.759. The fraction of sp³-hybridized carbons (Fsp3) is 0.318. The average molecular weight is 396 g/mol. The molecule has 3 rings (SSSR count). The van der Waals surface area contributed by atoms with Gasteiger partial charge in [-0.1, -0.05) is 18.2 Å². The molecule has 2 amide bonds. The van der Waals surface area contributed by atoms with Crippen molar-refractivity contribution in [1.82, 2.24) is 0 Å². The molecule has 1 N–H and O–H groups in total. The van der Waals surface area contributed by atoms with Crippen molar-refractivity contribution in [2.75, 3.05) is 30.5 Å². The molecule has 1 fully saturated rings. The van der Waals surface area contributed by atoms with Crippen molar-refractivity contribution in [2.24, 2.45) is 5.92 Å². The van der Waals surface area contributed by atoms with E-state index in [9.17, 15) is 14.4 Å². The number of esters is 1. The van der Waals surface area contributed by atoms with E-state index in [1.54, 1.807) is 36.3 Å². The van der Waals surface area contributed by atoms with E-state index in [0.29, 0.717) is 11.4 Å². The third-order valence-corrected chi connectivity index (χ3v) is 4.93. The van der Waals surface area contributed by atoms with Crippen LogP contribution in [0.2, 0.25) is 0 Å². The topological polar surface area (TPSA) is 84.9 Å². The first kappa shape index (κ1) is 20.4. The smallest absolute Gasteiger partial charge is 0.311 e. The molecule has 29 heavy (non-hydrogen) atoms. The number of ether oxygens (including phenoxy) is 2. The summed E-state index contributed by atoms with van der Waals surface area (Å²) in [7, 11) is 1.57. The molecule has 1 heterocycles. The Balaban J connectivity index is 1.54. The van der Waals surface area contributed by atoms with Crippen LogP contribution in [0.15, 0.2) is 42.5 Å². The summed E-state index contributed by atoms with van der Waals surface area (Å²) in [6.45, 7) is 3.63. The Morgan fingerprint density at radius 3 is 2.38 bits per heavy atom. The van der Waals surface area contributed by atoms with Gasteiger partial charge in [-0.25, -0.2) is 0 Å². The molecule has 0 saturated carbocycles. The van der Waals surface area contributed by atoms with E-state index >= 15 is 0 Å². The second-order valence-electron chi connectivity index (χ2n) is 7.03. The van der Waals surface area contributed by atoms with Crippen LogP contribution in [0.4, 0.5) is 11.4 Å². The molecule has 0 aliphatic carbocycles. The maximum Gasteiger partial charge on any atom is 0.311 e. The van der Waals surface area contributed by atoms with Gasteiger partial charge in [0.15, 0.2) is 6.61 Å². The van der Waals surface area contributed by atoms with E-state index < -0.39 is 17.8 Å². The zero-order valence-corrected chi connectivity index (χ0v) is 16.7. The lowest BCUT2D eigenvalue weighted by Gasteiger charge is -2.17. The monoisotopic (exact) mass is 396 g/mol. The highest BCUT2D eigenvalue weighted by Gasteiger charge is 2.36. The molecule has 0 aromatic heterocycles. The van der Waals surface area contributed by atoms with E-state index in [2.05, 4.69) is 5.32 Å². The Labute approximate surface area is 169 Å². The van der Waals surface area contributed by atoms with Crippen LogP contribution >= 0.6 is 0 Å². The average Bonchev–Trinajstić information content (AvgIpc) is 3.11. The molecule has 1 atom stereocenters. The molecule has 1 saturated heterocycles. The Kier molecular flexibility index (Phi) is 6.16. The number of hydrogen-bond acceptors (Lipinski definition) is 5. The Morgan fingerprint density at radius 2 is 1.76 bits per heavy atom. The lowest BCUT2D eigenvalue weighted by Crippen LogP contribution is -2.28. The van der Waals surface area contributed by atoms with Gasteiger partial charge in [-0.05, 0) is 49.2 Å². The molecule has 0 spiro atoms. The van der Waals surface area contributed by atoms with E-state index in [1.807, 2.05) is 32.0 Å². The van der Waals surface area contributed by atoms with Crippen molar-refractivity contribution >= 4 is 29.2 Å². The van der Waals surface area contributed by atoms with E-state index in [-0.39, 0.29) is 25.5 Å². The van der Waals surface area contributed by atoms with Crippen LogP contribution in [0, 0.1) is 19.8 Å². The van der Waals surface area contributed by atoms with Crippen LogP contribution in [0.25, 0.3) is 0 Å². The number of anilines is 2. The maximum absolute atomic E-state index is 12.4. The van der Waals surface area contributed by atoms with Gasteiger partial charge in [0, 0.05) is 24.3 Å². The number of rotatable bonds is 6. The van der Waals surface area contributed by atoms with E-state index in [4.69, 9.17) is 9.47 Å². The second-order valence-corrected chi connectivity index (χ2v) is 7.03.